The molecule has 0 unspecified atom stereocenters. The van der Waals surface area contributed by atoms with Gasteiger partial charge in [-0.3, -0.25) is 4.79 Å². The summed E-state index contributed by atoms with van der Waals surface area (Å²) in [5, 5.41) is 33.9. The molecule has 0 aromatic rings. The molecule has 2 bridgehead atoms. The summed E-state index contributed by atoms with van der Waals surface area (Å²) in [7, 11) is 1.10. The SMILES string of the molecule is COC(=O)[C@@]12OC[C@]34[C@H]([C@@H](O)[C@@H]1O)[C@@]1(C)C[C@@H](O)C(=O)[C@@H](C)[C@@H]1C[C@H]3OC(=O)[C@H](OC(=O)C=C(C)C)[C@@H]24. The lowest BCUT2D eigenvalue weighted by Gasteiger charge is -2.68. The summed E-state index contributed by atoms with van der Waals surface area (Å²) < 4.78 is 22.5. The second-order valence-electron chi connectivity index (χ2n) is 11.8. The molecule has 3 N–H and O–H groups in total. The highest BCUT2D eigenvalue weighted by atomic mass is 16.6. The summed E-state index contributed by atoms with van der Waals surface area (Å²) in [6.07, 6.45) is -5.78. The lowest BCUT2D eigenvalue weighted by atomic mass is 9.37. The molecular weight excluding hydrogens is 488 g/mol. The van der Waals surface area contributed by atoms with Crippen LogP contribution in [0.3, 0.4) is 0 Å². The number of ketones is 1. The van der Waals surface area contributed by atoms with E-state index in [-0.39, 0.29) is 25.2 Å². The van der Waals surface area contributed by atoms with E-state index in [1.165, 1.54) is 6.08 Å². The summed E-state index contributed by atoms with van der Waals surface area (Å²) >= 11 is 0. The van der Waals surface area contributed by atoms with E-state index in [2.05, 4.69) is 0 Å². The van der Waals surface area contributed by atoms with Crippen molar-refractivity contribution in [2.45, 2.75) is 76.7 Å². The number of carbonyl (C=O) groups is 4. The van der Waals surface area contributed by atoms with Crippen LogP contribution in [0.15, 0.2) is 11.6 Å². The minimum absolute atomic E-state index is 0.0118. The number of Topliss-reactive ketones (excluding diaryl/α,β-unsaturated/α-hetero) is 1. The van der Waals surface area contributed by atoms with Crippen LogP contribution >= 0.6 is 0 Å². The van der Waals surface area contributed by atoms with Gasteiger partial charge >= 0.3 is 17.9 Å². The van der Waals surface area contributed by atoms with E-state index < -0.39 is 88.5 Å². The van der Waals surface area contributed by atoms with Gasteiger partial charge in [0, 0.05) is 23.3 Å². The minimum atomic E-state index is -2.20. The van der Waals surface area contributed by atoms with Crippen molar-refractivity contribution >= 4 is 23.7 Å². The molecule has 5 aliphatic rings. The van der Waals surface area contributed by atoms with Gasteiger partial charge in [0.1, 0.15) is 18.3 Å². The van der Waals surface area contributed by atoms with E-state index in [1.54, 1.807) is 20.8 Å². The quantitative estimate of drug-likeness (QED) is 0.253. The number of methoxy groups -OCH3 is 1. The Bertz CT molecular complexity index is 1080. The molecule has 37 heavy (non-hydrogen) atoms. The molecule has 2 heterocycles. The zero-order valence-corrected chi connectivity index (χ0v) is 21.5. The van der Waals surface area contributed by atoms with Crippen LogP contribution in [0.25, 0.3) is 0 Å². The van der Waals surface area contributed by atoms with E-state index >= 15 is 0 Å². The van der Waals surface area contributed by atoms with Gasteiger partial charge in [0.2, 0.25) is 11.7 Å². The van der Waals surface area contributed by atoms with Crippen molar-refractivity contribution in [2.24, 2.45) is 34.5 Å². The van der Waals surface area contributed by atoms with Gasteiger partial charge in [-0.05, 0) is 38.0 Å². The lowest BCUT2D eigenvalue weighted by molar-refractivity contribution is -0.299. The Labute approximate surface area is 214 Å². The second kappa shape index (κ2) is 8.33. The molecule has 12 atom stereocenters. The smallest absolute Gasteiger partial charge is 0.348 e. The van der Waals surface area contributed by atoms with Crippen molar-refractivity contribution in [1.82, 2.24) is 0 Å². The van der Waals surface area contributed by atoms with Crippen molar-refractivity contribution in [3.8, 4) is 0 Å². The molecule has 204 valence electrons. The van der Waals surface area contributed by atoms with Crippen LogP contribution in [0.5, 0.6) is 0 Å². The normalized spacial score (nSPS) is 49.8. The number of ether oxygens (including phenoxy) is 4. The lowest BCUT2D eigenvalue weighted by Crippen LogP contribution is -2.79. The van der Waals surface area contributed by atoms with Gasteiger partial charge in [-0.25, -0.2) is 14.4 Å². The highest BCUT2D eigenvalue weighted by Gasteiger charge is 2.85. The highest BCUT2D eigenvalue weighted by molar-refractivity contribution is 5.90. The van der Waals surface area contributed by atoms with Crippen LogP contribution in [-0.2, 0) is 38.1 Å². The Morgan fingerprint density at radius 1 is 1.14 bits per heavy atom. The fourth-order valence-corrected chi connectivity index (χ4v) is 8.63. The Morgan fingerprint density at radius 3 is 2.43 bits per heavy atom. The first-order valence-electron chi connectivity index (χ1n) is 12.6. The van der Waals surface area contributed by atoms with Gasteiger partial charge in [-0.15, -0.1) is 0 Å². The molecule has 5 fully saturated rings. The summed E-state index contributed by atoms with van der Waals surface area (Å²) in [4.78, 5) is 52.1. The summed E-state index contributed by atoms with van der Waals surface area (Å²) in [6.45, 7) is 6.70. The maximum atomic E-state index is 13.4. The maximum absolute atomic E-state index is 13.4. The summed E-state index contributed by atoms with van der Waals surface area (Å²) in [5.41, 5.74) is -3.75. The zero-order chi connectivity index (χ0) is 27.2. The summed E-state index contributed by atoms with van der Waals surface area (Å²) in [6, 6.07) is 0. The molecule has 1 spiro atoms. The van der Waals surface area contributed by atoms with Crippen molar-refractivity contribution in [1.29, 1.82) is 0 Å². The zero-order valence-electron chi connectivity index (χ0n) is 21.5. The molecule has 5 rings (SSSR count). The first-order chi connectivity index (χ1) is 17.3. The van der Waals surface area contributed by atoms with Crippen molar-refractivity contribution in [2.75, 3.05) is 13.7 Å². The number of fused-ring (bicyclic) bond motifs is 2. The molecular formula is C26H34O11. The van der Waals surface area contributed by atoms with Crippen LogP contribution in [0.1, 0.15) is 40.5 Å². The van der Waals surface area contributed by atoms with Crippen molar-refractivity contribution in [3.05, 3.63) is 11.6 Å². The van der Waals surface area contributed by atoms with Crippen LogP contribution in [0, 0.1) is 34.5 Å². The highest BCUT2D eigenvalue weighted by Crippen LogP contribution is 2.73. The third-order valence-corrected chi connectivity index (χ3v) is 9.87. The second-order valence-corrected chi connectivity index (χ2v) is 11.8. The average Bonchev–Trinajstić information content (AvgIpc) is 3.12. The van der Waals surface area contributed by atoms with Gasteiger partial charge in [0.15, 0.2) is 5.78 Å². The fourth-order valence-electron chi connectivity index (χ4n) is 8.63. The molecule has 0 aromatic carbocycles. The van der Waals surface area contributed by atoms with E-state index in [1.807, 2.05) is 6.92 Å². The largest absolute Gasteiger partial charge is 0.467 e. The molecule has 3 saturated carbocycles. The van der Waals surface area contributed by atoms with E-state index in [0.717, 1.165) is 7.11 Å². The van der Waals surface area contributed by atoms with Crippen molar-refractivity contribution < 1.29 is 53.4 Å². The Hall–Kier alpha value is -2.34. The first-order valence-corrected chi connectivity index (χ1v) is 12.6. The number of hydrogen-bond donors (Lipinski definition) is 3. The van der Waals surface area contributed by atoms with Crippen LogP contribution < -0.4 is 0 Å². The van der Waals surface area contributed by atoms with E-state index in [0.29, 0.717) is 5.57 Å². The molecule has 0 radical (unpaired) electrons. The number of carbonyl (C=O) groups excluding carboxylic acids is 4. The topological polar surface area (TPSA) is 166 Å². The van der Waals surface area contributed by atoms with Gasteiger partial charge in [-0.1, -0.05) is 19.4 Å². The Kier molecular flexibility index (Phi) is 5.91. The number of allylic oxidation sites excluding steroid dienone is 1. The number of hydrogen-bond acceptors (Lipinski definition) is 11. The van der Waals surface area contributed by atoms with Crippen LogP contribution in [0.2, 0.25) is 0 Å². The molecule has 2 aliphatic heterocycles. The fraction of sp³-hybridized carbons (Fsp3) is 0.769. The minimum Gasteiger partial charge on any atom is -0.467 e. The Morgan fingerprint density at radius 2 is 1.81 bits per heavy atom. The number of aliphatic hydroxyl groups excluding tert-OH is 3. The predicted octanol–water partition coefficient (Wildman–Crippen LogP) is -0.318. The van der Waals surface area contributed by atoms with Gasteiger partial charge < -0.3 is 34.3 Å². The van der Waals surface area contributed by atoms with Gasteiger partial charge in [-0.2, -0.15) is 0 Å². The summed E-state index contributed by atoms with van der Waals surface area (Å²) in [5.74, 6) is -6.17. The van der Waals surface area contributed by atoms with E-state index in [9.17, 15) is 34.5 Å². The number of rotatable bonds is 3. The van der Waals surface area contributed by atoms with Crippen molar-refractivity contribution in [3.63, 3.8) is 0 Å². The monoisotopic (exact) mass is 522 g/mol. The maximum Gasteiger partial charge on any atom is 0.348 e. The molecule has 2 saturated heterocycles. The van der Waals surface area contributed by atoms with Gasteiger partial charge in [0.25, 0.3) is 0 Å². The van der Waals surface area contributed by atoms with E-state index in [4.69, 9.17) is 18.9 Å². The molecule has 0 aromatic heterocycles. The predicted molar refractivity (Wildman–Crippen MR) is 122 cm³/mol. The first kappa shape index (κ1) is 26.3. The molecule has 11 nitrogen and oxygen atoms in total. The average molecular weight is 523 g/mol. The third kappa shape index (κ3) is 3.14. The van der Waals surface area contributed by atoms with Crippen LogP contribution in [0.4, 0.5) is 0 Å². The van der Waals surface area contributed by atoms with Gasteiger partial charge in [0.05, 0.1) is 25.7 Å². The number of aliphatic hydroxyl groups is 3. The standard InChI is InChI=1S/C26H34O11/c1-10(2)6-15(28)37-18-20-25-9-35-26(20,23(33)34-5)21(31)17(30)19(25)24(4)8-13(27)16(29)11(3)12(24)7-14(25)36-22(18)32/h6,11-14,17-21,27,30-31H,7-9H2,1-5H3/t11-,12-,13+,14+,17+,18+,19+,20+,21-,24-,25+,26-/m0/s1. The molecule has 11 heteroatoms. The number of esters is 3. The van der Waals surface area contributed by atoms with Crippen LogP contribution in [-0.4, -0.2) is 88.8 Å². The molecule has 3 aliphatic carbocycles. The third-order valence-electron chi connectivity index (χ3n) is 9.87. The molecule has 0 amide bonds. The Balaban J connectivity index is 1.72.